The molecule has 16 heavy (non-hydrogen) atoms. The molecule has 0 aliphatic rings. The standard InChI is InChI=1S/C13H13FN2/c1-13(15,10-5-3-2-4-6-10)11-7-12(14)9-16-8-11/h2-9H,15H2,1H3. The van der Waals surface area contributed by atoms with Gasteiger partial charge in [0, 0.05) is 6.20 Å². The molecule has 0 amide bonds. The molecule has 0 spiro atoms. The van der Waals surface area contributed by atoms with E-state index in [0.29, 0.717) is 5.56 Å². The van der Waals surface area contributed by atoms with Crippen molar-refractivity contribution in [3.63, 3.8) is 0 Å². The molecule has 2 nitrogen and oxygen atoms in total. The molecule has 1 aromatic heterocycles. The van der Waals surface area contributed by atoms with Crippen LogP contribution in [0, 0.1) is 5.82 Å². The number of hydrogen-bond donors (Lipinski definition) is 1. The van der Waals surface area contributed by atoms with Gasteiger partial charge in [-0.25, -0.2) is 4.39 Å². The fourth-order valence-electron chi connectivity index (χ4n) is 1.65. The molecule has 2 rings (SSSR count). The van der Waals surface area contributed by atoms with Crippen LogP contribution >= 0.6 is 0 Å². The number of halogens is 1. The van der Waals surface area contributed by atoms with Gasteiger partial charge >= 0.3 is 0 Å². The number of aromatic nitrogens is 1. The normalized spacial score (nSPS) is 14.4. The molecule has 1 unspecified atom stereocenters. The molecule has 3 heteroatoms. The summed E-state index contributed by atoms with van der Waals surface area (Å²) in [4.78, 5) is 3.82. The van der Waals surface area contributed by atoms with E-state index in [1.807, 2.05) is 37.3 Å². The van der Waals surface area contributed by atoms with E-state index in [-0.39, 0.29) is 5.82 Å². The maximum atomic E-state index is 13.1. The van der Waals surface area contributed by atoms with Gasteiger partial charge in [0.15, 0.2) is 0 Å². The SMILES string of the molecule is CC(N)(c1ccccc1)c1cncc(F)c1. The molecule has 2 aromatic rings. The van der Waals surface area contributed by atoms with Crippen LogP contribution in [0.15, 0.2) is 48.8 Å². The first-order valence-corrected chi connectivity index (χ1v) is 5.06. The fourth-order valence-corrected chi connectivity index (χ4v) is 1.65. The molecular formula is C13H13FN2. The lowest BCUT2D eigenvalue weighted by Crippen LogP contribution is -2.34. The quantitative estimate of drug-likeness (QED) is 0.837. The van der Waals surface area contributed by atoms with Gasteiger partial charge in [0.05, 0.1) is 11.7 Å². The van der Waals surface area contributed by atoms with E-state index in [4.69, 9.17) is 5.73 Å². The third-order valence-electron chi connectivity index (χ3n) is 2.68. The Morgan fingerprint density at radius 3 is 2.44 bits per heavy atom. The molecule has 0 fully saturated rings. The van der Waals surface area contributed by atoms with Crippen LogP contribution in [-0.2, 0) is 5.54 Å². The van der Waals surface area contributed by atoms with Crippen molar-refractivity contribution in [1.82, 2.24) is 4.98 Å². The zero-order valence-electron chi connectivity index (χ0n) is 9.02. The minimum Gasteiger partial charge on any atom is -0.318 e. The number of benzene rings is 1. The summed E-state index contributed by atoms with van der Waals surface area (Å²) in [5.74, 6) is -0.370. The average Bonchev–Trinajstić information content (AvgIpc) is 2.30. The van der Waals surface area contributed by atoms with Crippen molar-refractivity contribution in [3.05, 3.63) is 65.7 Å². The summed E-state index contributed by atoms with van der Waals surface area (Å²) in [5, 5.41) is 0. The monoisotopic (exact) mass is 216 g/mol. The van der Waals surface area contributed by atoms with Gasteiger partial charge in [0.25, 0.3) is 0 Å². The zero-order chi connectivity index (χ0) is 11.6. The molecule has 0 aliphatic heterocycles. The first kappa shape index (κ1) is 10.8. The highest BCUT2D eigenvalue weighted by atomic mass is 19.1. The summed E-state index contributed by atoms with van der Waals surface area (Å²) >= 11 is 0. The Bertz CT molecular complexity index is 480. The van der Waals surface area contributed by atoms with Crippen molar-refractivity contribution < 1.29 is 4.39 Å². The molecule has 0 aliphatic carbocycles. The molecule has 1 atom stereocenters. The van der Waals surface area contributed by atoms with E-state index in [9.17, 15) is 4.39 Å². The second-order valence-electron chi connectivity index (χ2n) is 3.96. The highest BCUT2D eigenvalue weighted by Gasteiger charge is 2.24. The van der Waals surface area contributed by atoms with Crippen molar-refractivity contribution in [2.45, 2.75) is 12.5 Å². The van der Waals surface area contributed by atoms with Gasteiger partial charge in [0.2, 0.25) is 0 Å². The number of hydrogen-bond acceptors (Lipinski definition) is 2. The van der Waals surface area contributed by atoms with Crippen LogP contribution in [0.2, 0.25) is 0 Å². The van der Waals surface area contributed by atoms with Crippen molar-refractivity contribution in [3.8, 4) is 0 Å². The van der Waals surface area contributed by atoms with Crippen molar-refractivity contribution in [1.29, 1.82) is 0 Å². The van der Waals surface area contributed by atoms with Gasteiger partial charge in [-0.1, -0.05) is 30.3 Å². The van der Waals surface area contributed by atoms with Gasteiger partial charge in [-0.3, -0.25) is 4.98 Å². The Kier molecular flexibility index (Phi) is 2.71. The minimum absolute atomic E-state index is 0.370. The summed E-state index contributed by atoms with van der Waals surface area (Å²) in [7, 11) is 0. The Hall–Kier alpha value is -1.74. The second kappa shape index (κ2) is 4.02. The van der Waals surface area contributed by atoms with Crippen LogP contribution in [0.4, 0.5) is 4.39 Å². The van der Waals surface area contributed by atoms with E-state index >= 15 is 0 Å². The molecule has 0 bridgehead atoms. The Morgan fingerprint density at radius 1 is 1.12 bits per heavy atom. The van der Waals surface area contributed by atoms with E-state index in [0.717, 1.165) is 5.56 Å². The Labute approximate surface area is 93.9 Å². The van der Waals surface area contributed by atoms with E-state index in [2.05, 4.69) is 4.98 Å². The van der Waals surface area contributed by atoms with E-state index < -0.39 is 5.54 Å². The largest absolute Gasteiger partial charge is 0.318 e. The number of nitrogens with two attached hydrogens (primary N) is 1. The minimum atomic E-state index is -0.726. The van der Waals surface area contributed by atoms with Crippen molar-refractivity contribution in [2.75, 3.05) is 0 Å². The van der Waals surface area contributed by atoms with Gasteiger partial charge < -0.3 is 5.73 Å². The molecular weight excluding hydrogens is 203 g/mol. The summed E-state index contributed by atoms with van der Waals surface area (Å²) in [6, 6.07) is 11.0. The molecule has 0 radical (unpaired) electrons. The molecule has 0 saturated carbocycles. The van der Waals surface area contributed by atoms with Gasteiger partial charge in [0.1, 0.15) is 5.82 Å². The molecule has 0 saturated heterocycles. The highest BCUT2D eigenvalue weighted by Crippen LogP contribution is 2.25. The Morgan fingerprint density at radius 2 is 1.81 bits per heavy atom. The van der Waals surface area contributed by atoms with Crippen LogP contribution in [0.25, 0.3) is 0 Å². The van der Waals surface area contributed by atoms with Crippen LogP contribution in [0.5, 0.6) is 0 Å². The van der Waals surface area contributed by atoms with Gasteiger partial charge in [-0.15, -0.1) is 0 Å². The lowest BCUT2D eigenvalue weighted by molar-refractivity contribution is 0.575. The van der Waals surface area contributed by atoms with Crippen LogP contribution < -0.4 is 5.73 Å². The fraction of sp³-hybridized carbons (Fsp3) is 0.154. The number of nitrogens with zero attached hydrogens (tertiary/aromatic N) is 1. The summed E-state index contributed by atoms with van der Waals surface area (Å²) < 4.78 is 13.1. The van der Waals surface area contributed by atoms with Gasteiger partial charge in [-0.2, -0.15) is 0 Å². The van der Waals surface area contributed by atoms with Gasteiger partial charge in [-0.05, 0) is 24.1 Å². The lowest BCUT2D eigenvalue weighted by Gasteiger charge is -2.25. The maximum Gasteiger partial charge on any atom is 0.141 e. The smallest absolute Gasteiger partial charge is 0.141 e. The van der Waals surface area contributed by atoms with Crippen LogP contribution in [0.1, 0.15) is 18.1 Å². The van der Waals surface area contributed by atoms with Crippen LogP contribution in [0.3, 0.4) is 0 Å². The summed E-state index contributed by atoms with van der Waals surface area (Å²) in [6.45, 7) is 1.85. The van der Waals surface area contributed by atoms with Crippen LogP contribution in [-0.4, -0.2) is 4.98 Å². The first-order valence-electron chi connectivity index (χ1n) is 5.06. The summed E-state index contributed by atoms with van der Waals surface area (Å²) in [5.41, 5.74) is 7.09. The Balaban J connectivity index is 2.47. The predicted molar refractivity (Wildman–Crippen MR) is 61.3 cm³/mol. The number of rotatable bonds is 2. The van der Waals surface area contributed by atoms with E-state index in [1.54, 1.807) is 6.20 Å². The maximum absolute atomic E-state index is 13.1. The highest BCUT2D eigenvalue weighted by molar-refractivity contribution is 5.35. The zero-order valence-corrected chi connectivity index (χ0v) is 9.02. The number of pyridine rings is 1. The third kappa shape index (κ3) is 1.95. The predicted octanol–water partition coefficient (Wildman–Crippen LogP) is 2.44. The molecule has 1 aromatic carbocycles. The summed E-state index contributed by atoms with van der Waals surface area (Å²) in [6.07, 6.45) is 2.76. The topological polar surface area (TPSA) is 38.9 Å². The van der Waals surface area contributed by atoms with E-state index in [1.165, 1.54) is 12.3 Å². The van der Waals surface area contributed by atoms with Crippen molar-refractivity contribution in [2.24, 2.45) is 5.73 Å². The molecule has 1 heterocycles. The van der Waals surface area contributed by atoms with Crippen molar-refractivity contribution >= 4 is 0 Å². The third-order valence-corrected chi connectivity index (χ3v) is 2.68. The molecule has 82 valence electrons. The second-order valence-corrected chi connectivity index (χ2v) is 3.96. The lowest BCUT2D eigenvalue weighted by atomic mass is 9.87. The average molecular weight is 216 g/mol. The molecule has 2 N–H and O–H groups in total. The first-order chi connectivity index (χ1) is 7.60.